The molecule has 1 fully saturated rings. The number of β-amino-alcohol motifs (C(OH)–C–C–N with tert-alkyl or cyclic N) is 1. The smallest absolute Gasteiger partial charge is 0.0782 e. The third-order valence-corrected chi connectivity index (χ3v) is 4.06. The predicted octanol–water partition coefficient (Wildman–Crippen LogP) is 1.62. The van der Waals surface area contributed by atoms with Crippen molar-refractivity contribution in [2.45, 2.75) is 13.0 Å². The highest BCUT2D eigenvalue weighted by atomic mass is 79.9. The summed E-state index contributed by atoms with van der Waals surface area (Å²) in [6.07, 6.45) is -0.469. The van der Waals surface area contributed by atoms with E-state index in [2.05, 4.69) is 31.8 Å². The first-order valence-corrected chi connectivity index (χ1v) is 7.47. The zero-order valence-corrected chi connectivity index (χ0v) is 12.8. The summed E-state index contributed by atoms with van der Waals surface area (Å²) in [5.74, 6) is 0. The Bertz CT molecular complexity index is 418. The third-order valence-electron chi connectivity index (χ3n) is 3.57. The van der Waals surface area contributed by atoms with Crippen molar-refractivity contribution in [1.82, 2.24) is 4.90 Å². The van der Waals surface area contributed by atoms with Gasteiger partial charge in [0.2, 0.25) is 0 Å². The summed E-state index contributed by atoms with van der Waals surface area (Å²) in [5, 5.41) is 18.9. The van der Waals surface area contributed by atoms with Gasteiger partial charge in [-0.3, -0.25) is 4.90 Å². The average Bonchev–Trinajstić information content (AvgIpc) is 2.40. The molecule has 1 unspecified atom stereocenters. The minimum absolute atomic E-state index is 0.219. The van der Waals surface area contributed by atoms with Crippen LogP contribution in [0.15, 0.2) is 22.7 Å². The van der Waals surface area contributed by atoms with Crippen LogP contribution < -0.4 is 4.90 Å². The second-order valence-corrected chi connectivity index (χ2v) is 5.85. The van der Waals surface area contributed by atoms with E-state index in [1.807, 2.05) is 12.1 Å². The van der Waals surface area contributed by atoms with Crippen molar-refractivity contribution in [1.29, 1.82) is 0 Å². The van der Waals surface area contributed by atoms with Gasteiger partial charge >= 0.3 is 0 Å². The van der Waals surface area contributed by atoms with E-state index in [-0.39, 0.29) is 6.61 Å². The Morgan fingerprint density at radius 3 is 2.53 bits per heavy atom. The van der Waals surface area contributed by atoms with Gasteiger partial charge in [-0.15, -0.1) is 0 Å². The van der Waals surface area contributed by atoms with Gasteiger partial charge in [-0.25, -0.2) is 0 Å². The van der Waals surface area contributed by atoms with Gasteiger partial charge in [0.1, 0.15) is 0 Å². The van der Waals surface area contributed by atoms with Crippen molar-refractivity contribution in [3.8, 4) is 0 Å². The number of halogens is 1. The van der Waals surface area contributed by atoms with Crippen LogP contribution in [0.4, 0.5) is 5.69 Å². The predicted molar refractivity (Wildman–Crippen MR) is 80.5 cm³/mol. The van der Waals surface area contributed by atoms with Gasteiger partial charge in [-0.1, -0.05) is 15.9 Å². The Balaban J connectivity index is 2.11. The largest absolute Gasteiger partial charge is 0.395 e. The van der Waals surface area contributed by atoms with E-state index in [0.717, 1.165) is 48.4 Å². The first-order chi connectivity index (χ1) is 9.11. The number of hydrogen-bond acceptors (Lipinski definition) is 4. The molecule has 0 amide bonds. The van der Waals surface area contributed by atoms with Crippen molar-refractivity contribution in [2.24, 2.45) is 0 Å². The molecule has 0 radical (unpaired) electrons. The Kier molecular flexibility index (Phi) is 5.21. The summed E-state index contributed by atoms with van der Waals surface area (Å²) in [7, 11) is 0. The molecular weight excluding hydrogens is 308 g/mol. The quantitative estimate of drug-likeness (QED) is 0.881. The van der Waals surface area contributed by atoms with Gasteiger partial charge in [0.15, 0.2) is 0 Å². The number of aliphatic hydroxyl groups excluding tert-OH is 2. The Hall–Kier alpha value is -0.620. The number of nitrogens with zero attached hydrogens (tertiary/aromatic N) is 2. The lowest BCUT2D eigenvalue weighted by Gasteiger charge is -2.37. The van der Waals surface area contributed by atoms with Crippen LogP contribution in [0.3, 0.4) is 0 Å². The Morgan fingerprint density at radius 2 is 1.95 bits per heavy atom. The molecule has 1 saturated heterocycles. The van der Waals surface area contributed by atoms with Crippen molar-refractivity contribution >= 4 is 21.6 Å². The molecule has 1 atom stereocenters. The molecule has 2 N–H and O–H groups in total. The lowest BCUT2D eigenvalue weighted by molar-refractivity contribution is 0.187. The monoisotopic (exact) mass is 328 g/mol. The number of benzene rings is 1. The van der Waals surface area contributed by atoms with E-state index in [0.29, 0.717) is 0 Å². The minimum Gasteiger partial charge on any atom is -0.395 e. The van der Waals surface area contributed by atoms with E-state index in [9.17, 15) is 5.11 Å². The molecule has 0 bridgehead atoms. The normalized spacial score (nSPS) is 18.6. The van der Waals surface area contributed by atoms with E-state index in [4.69, 9.17) is 5.11 Å². The maximum atomic E-state index is 9.90. The molecule has 1 aromatic carbocycles. The molecule has 0 aromatic heterocycles. The standard InChI is InChI=1S/C14H21BrN2O2/c1-11(19)13-10-12(15)2-3-14(13)17-6-4-16(5-7-17)8-9-18/h2-3,10-11,18-19H,4-9H2,1H3. The van der Waals surface area contributed by atoms with E-state index < -0.39 is 6.10 Å². The molecule has 1 aliphatic rings. The summed E-state index contributed by atoms with van der Waals surface area (Å²) < 4.78 is 0.992. The van der Waals surface area contributed by atoms with Crippen LogP contribution in [0.5, 0.6) is 0 Å². The maximum Gasteiger partial charge on any atom is 0.0782 e. The second-order valence-electron chi connectivity index (χ2n) is 4.93. The van der Waals surface area contributed by atoms with Crippen LogP contribution in [-0.2, 0) is 0 Å². The number of hydrogen-bond donors (Lipinski definition) is 2. The van der Waals surface area contributed by atoms with Crippen molar-refractivity contribution < 1.29 is 10.2 Å². The number of piperazine rings is 1. The van der Waals surface area contributed by atoms with E-state index in [1.54, 1.807) is 6.92 Å². The topological polar surface area (TPSA) is 46.9 Å². The molecule has 1 aromatic rings. The summed E-state index contributed by atoms with van der Waals surface area (Å²) in [5.41, 5.74) is 2.08. The fourth-order valence-corrected chi connectivity index (χ4v) is 2.88. The number of anilines is 1. The van der Waals surface area contributed by atoms with Crippen molar-refractivity contribution in [2.75, 3.05) is 44.2 Å². The first-order valence-electron chi connectivity index (χ1n) is 6.67. The average molecular weight is 329 g/mol. The summed E-state index contributed by atoms with van der Waals surface area (Å²) >= 11 is 3.45. The molecule has 1 aliphatic heterocycles. The van der Waals surface area contributed by atoms with Gasteiger partial charge in [-0.05, 0) is 25.1 Å². The third kappa shape index (κ3) is 3.69. The molecule has 0 spiro atoms. The molecule has 2 rings (SSSR count). The van der Waals surface area contributed by atoms with Crippen LogP contribution in [0.2, 0.25) is 0 Å². The summed E-state index contributed by atoms with van der Waals surface area (Å²) in [4.78, 5) is 4.57. The highest BCUT2D eigenvalue weighted by Gasteiger charge is 2.20. The zero-order chi connectivity index (χ0) is 13.8. The summed E-state index contributed by atoms with van der Waals surface area (Å²) in [6.45, 7) is 6.54. The molecule has 4 nitrogen and oxygen atoms in total. The van der Waals surface area contributed by atoms with Crippen molar-refractivity contribution in [3.63, 3.8) is 0 Å². The molecule has 106 valence electrons. The maximum absolute atomic E-state index is 9.90. The Morgan fingerprint density at radius 1 is 1.26 bits per heavy atom. The molecule has 5 heteroatoms. The number of rotatable bonds is 4. The number of aliphatic hydroxyl groups is 2. The Labute approximate surface area is 122 Å². The van der Waals surface area contributed by atoms with Crippen LogP contribution in [-0.4, -0.2) is 54.4 Å². The summed E-state index contributed by atoms with van der Waals surface area (Å²) in [6, 6.07) is 6.06. The zero-order valence-electron chi connectivity index (χ0n) is 11.2. The highest BCUT2D eigenvalue weighted by molar-refractivity contribution is 9.10. The molecule has 19 heavy (non-hydrogen) atoms. The van der Waals surface area contributed by atoms with Crippen molar-refractivity contribution in [3.05, 3.63) is 28.2 Å². The van der Waals surface area contributed by atoms with Gasteiger partial charge < -0.3 is 15.1 Å². The van der Waals surface area contributed by atoms with Crippen LogP contribution in [0, 0.1) is 0 Å². The fraction of sp³-hybridized carbons (Fsp3) is 0.571. The van der Waals surface area contributed by atoms with E-state index in [1.165, 1.54) is 0 Å². The molecule has 0 aliphatic carbocycles. The van der Waals surface area contributed by atoms with Crippen LogP contribution in [0.1, 0.15) is 18.6 Å². The van der Waals surface area contributed by atoms with Gasteiger partial charge in [0.25, 0.3) is 0 Å². The van der Waals surface area contributed by atoms with Crippen LogP contribution in [0.25, 0.3) is 0 Å². The van der Waals surface area contributed by atoms with Gasteiger partial charge in [0.05, 0.1) is 12.7 Å². The fourth-order valence-electron chi connectivity index (χ4n) is 2.50. The SMILES string of the molecule is CC(O)c1cc(Br)ccc1N1CCN(CCO)CC1. The minimum atomic E-state index is -0.469. The van der Waals surface area contributed by atoms with Gasteiger partial charge in [0, 0.05) is 48.4 Å². The second kappa shape index (κ2) is 6.70. The lowest BCUT2D eigenvalue weighted by atomic mass is 10.1. The first kappa shape index (κ1) is 14.8. The van der Waals surface area contributed by atoms with E-state index >= 15 is 0 Å². The van der Waals surface area contributed by atoms with Gasteiger partial charge in [-0.2, -0.15) is 0 Å². The molecule has 1 heterocycles. The lowest BCUT2D eigenvalue weighted by Crippen LogP contribution is -2.47. The van der Waals surface area contributed by atoms with Crippen LogP contribution >= 0.6 is 15.9 Å². The molecule has 0 saturated carbocycles. The molecular formula is C14H21BrN2O2. The highest BCUT2D eigenvalue weighted by Crippen LogP contribution is 2.30.